The molecule has 0 amide bonds. The molecule has 0 bridgehead atoms. The highest BCUT2D eigenvalue weighted by atomic mass is 19.4. The highest BCUT2D eigenvalue weighted by Gasteiger charge is 2.31. The first kappa shape index (κ1) is 13.8. The van der Waals surface area contributed by atoms with Gasteiger partial charge in [0.05, 0.1) is 5.56 Å². The number of rotatable bonds is 0. The Balaban J connectivity index is 0.000000239. The van der Waals surface area contributed by atoms with Crippen molar-refractivity contribution in [1.29, 1.82) is 0 Å². The molecular weight excluding hydrogens is 238 g/mol. The van der Waals surface area contributed by atoms with E-state index in [1.165, 1.54) is 25.9 Å². The Bertz CT molecular complexity index is 333. The van der Waals surface area contributed by atoms with Gasteiger partial charge in [0.15, 0.2) is 0 Å². The van der Waals surface area contributed by atoms with Crippen molar-refractivity contribution in [2.75, 3.05) is 13.1 Å². The minimum absolute atomic E-state index is 0.319. The second-order valence-electron chi connectivity index (χ2n) is 3.65. The number of phenolic OH excluding ortho intramolecular Hbond substituents is 1. The average Bonchev–Trinajstić information content (AvgIpc) is 2.72. The second kappa shape index (κ2) is 5.86. The molecule has 1 saturated heterocycles. The van der Waals surface area contributed by atoms with E-state index in [-0.39, 0.29) is 0 Å². The molecule has 6 heteroatoms. The maximum absolute atomic E-state index is 12.3. The van der Waals surface area contributed by atoms with E-state index in [2.05, 4.69) is 5.32 Å². The van der Waals surface area contributed by atoms with Gasteiger partial charge < -0.3 is 10.4 Å². The summed E-state index contributed by atoms with van der Waals surface area (Å²) in [5, 5.41) is 11.8. The number of halogens is 4. The van der Waals surface area contributed by atoms with Crippen LogP contribution in [0.5, 0.6) is 5.75 Å². The van der Waals surface area contributed by atoms with E-state index in [0.717, 1.165) is 0 Å². The maximum Gasteiger partial charge on any atom is 0.416 e. The number of alkyl halides is 3. The summed E-state index contributed by atoms with van der Waals surface area (Å²) < 4.78 is 47.9. The van der Waals surface area contributed by atoms with Crippen LogP contribution in [0.1, 0.15) is 18.4 Å². The summed E-state index contributed by atoms with van der Waals surface area (Å²) >= 11 is 0. The third kappa shape index (κ3) is 5.04. The number of benzene rings is 1. The van der Waals surface area contributed by atoms with E-state index in [9.17, 15) is 17.6 Å². The lowest BCUT2D eigenvalue weighted by Gasteiger charge is -2.06. The molecule has 1 fully saturated rings. The first-order valence-corrected chi connectivity index (χ1v) is 5.17. The molecule has 2 rings (SSSR count). The third-order valence-corrected chi connectivity index (χ3v) is 2.17. The van der Waals surface area contributed by atoms with E-state index in [4.69, 9.17) is 5.11 Å². The van der Waals surface area contributed by atoms with Crippen LogP contribution in [0.2, 0.25) is 0 Å². The Labute approximate surface area is 96.3 Å². The van der Waals surface area contributed by atoms with Crippen molar-refractivity contribution < 1.29 is 22.7 Å². The summed E-state index contributed by atoms with van der Waals surface area (Å²) in [4.78, 5) is 0. The predicted octanol–water partition coefficient (Wildman–Crippen LogP) is 2.92. The molecule has 0 radical (unpaired) electrons. The molecule has 1 aromatic rings. The molecule has 0 saturated carbocycles. The van der Waals surface area contributed by atoms with Crippen LogP contribution in [0.25, 0.3) is 0 Å². The maximum atomic E-state index is 12.3. The van der Waals surface area contributed by atoms with Crippen LogP contribution in [0.15, 0.2) is 18.2 Å². The van der Waals surface area contributed by atoms with Gasteiger partial charge in [0.2, 0.25) is 0 Å². The minimum atomic E-state index is -4.63. The highest BCUT2D eigenvalue weighted by Crippen LogP contribution is 2.31. The van der Waals surface area contributed by atoms with Crippen molar-refractivity contribution in [3.05, 3.63) is 29.6 Å². The smallest absolute Gasteiger partial charge is 0.416 e. The first-order chi connectivity index (χ1) is 7.89. The van der Waals surface area contributed by atoms with Gasteiger partial charge in [0.1, 0.15) is 11.6 Å². The van der Waals surface area contributed by atoms with E-state index < -0.39 is 23.3 Å². The molecular formula is C11H13F4NO. The molecule has 1 aliphatic rings. The summed E-state index contributed by atoms with van der Waals surface area (Å²) in [6.45, 7) is 2.50. The zero-order chi connectivity index (χ0) is 12.9. The highest BCUT2D eigenvalue weighted by molar-refractivity contribution is 5.29. The summed E-state index contributed by atoms with van der Waals surface area (Å²) in [6, 6.07) is 1.39. The summed E-state index contributed by atoms with van der Waals surface area (Å²) in [7, 11) is 0. The van der Waals surface area contributed by atoms with Crippen molar-refractivity contribution in [2.45, 2.75) is 19.0 Å². The molecule has 1 heterocycles. The molecule has 1 aromatic carbocycles. The fourth-order valence-electron chi connectivity index (χ4n) is 1.36. The topological polar surface area (TPSA) is 32.3 Å². The van der Waals surface area contributed by atoms with E-state index in [1.54, 1.807) is 0 Å². The van der Waals surface area contributed by atoms with Crippen molar-refractivity contribution in [1.82, 2.24) is 5.32 Å². The van der Waals surface area contributed by atoms with Crippen molar-refractivity contribution in [3.8, 4) is 5.75 Å². The van der Waals surface area contributed by atoms with E-state index in [0.29, 0.717) is 18.2 Å². The van der Waals surface area contributed by atoms with Crippen LogP contribution in [0.3, 0.4) is 0 Å². The largest absolute Gasteiger partial charge is 0.508 e. The fourth-order valence-corrected chi connectivity index (χ4v) is 1.36. The van der Waals surface area contributed by atoms with E-state index >= 15 is 0 Å². The Morgan fingerprint density at radius 2 is 1.65 bits per heavy atom. The SMILES string of the molecule is C1CCNC1.Oc1cc(F)cc(C(F)(F)F)c1. The van der Waals surface area contributed by atoms with Crippen LogP contribution in [0, 0.1) is 5.82 Å². The van der Waals surface area contributed by atoms with Gasteiger partial charge in [-0.25, -0.2) is 4.39 Å². The Morgan fingerprint density at radius 3 is 2.00 bits per heavy atom. The van der Waals surface area contributed by atoms with Crippen molar-refractivity contribution in [2.24, 2.45) is 0 Å². The van der Waals surface area contributed by atoms with E-state index in [1.807, 2.05) is 0 Å². The molecule has 0 aliphatic carbocycles. The Kier molecular flexibility index (Phi) is 4.74. The van der Waals surface area contributed by atoms with Crippen LogP contribution in [0.4, 0.5) is 17.6 Å². The van der Waals surface area contributed by atoms with Crippen LogP contribution >= 0.6 is 0 Å². The number of hydrogen-bond acceptors (Lipinski definition) is 2. The van der Waals surface area contributed by atoms with Gasteiger partial charge in [0.25, 0.3) is 0 Å². The molecule has 2 N–H and O–H groups in total. The standard InChI is InChI=1S/C7H4F4O.C4H9N/c8-5-1-4(7(9,10)11)2-6(12)3-5;1-2-4-5-3-1/h1-3,12H;5H,1-4H2. The zero-order valence-corrected chi connectivity index (χ0v) is 9.02. The number of hydrogen-bond donors (Lipinski definition) is 2. The van der Waals surface area contributed by atoms with Gasteiger partial charge in [-0.15, -0.1) is 0 Å². The molecule has 17 heavy (non-hydrogen) atoms. The quantitative estimate of drug-likeness (QED) is 0.695. The molecule has 0 spiro atoms. The molecule has 0 atom stereocenters. The molecule has 1 aliphatic heterocycles. The fraction of sp³-hybridized carbons (Fsp3) is 0.455. The zero-order valence-electron chi connectivity index (χ0n) is 9.02. The molecule has 2 nitrogen and oxygen atoms in total. The Hall–Kier alpha value is -1.30. The van der Waals surface area contributed by atoms with Gasteiger partial charge in [-0.1, -0.05) is 0 Å². The molecule has 0 unspecified atom stereocenters. The van der Waals surface area contributed by atoms with Crippen LogP contribution in [-0.2, 0) is 6.18 Å². The lowest BCUT2D eigenvalue weighted by atomic mass is 10.2. The first-order valence-electron chi connectivity index (χ1n) is 5.17. The van der Waals surface area contributed by atoms with Crippen molar-refractivity contribution >= 4 is 0 Å². The normalized spacial score (nSPS) is 15.3. The van der Waals surface area contributed by atoms with Gasteiger partial charge in [-0.2, -0.15) is 13.2 Å². The number of aromatic hydroxyl groups is 1. The second-order valence-corrected chi connectivity index (χ2v) is 3.65. The molecule has 0 aromatic heterocycles. The lowest BCUT2D eigenvalue weighted by molar-refractivity contribution is -0.137. The monoisotopic (exact) mass is 251 g/mol. The van der Waals surface area contributed by atoms with Gasteiger partial charge in [-0.05, 0) is 38.1 Å². The predicted molar refractivity (Wildman–Crippen MR) is 55.2 cm³/mol. The van der Waals surface area contributed by atoms with Crippen LogP contribution < -0.4 is 5.32 Å². The van der Waals surface area contributed by atoms with Crippen LogP contribution in [-0.4, -0.2) is 18.2 Å². The average molecular weight is 251 g/mol. The molecule has 96 valence electrons. The summed E-state index contributed by atoms with van der Waals surface area (Å²) in [5.41, 5.74) is -1.19. The lowest BCUT2D eigenvalue weighted by Crippen LogP contribution is -2.04. The summed E-state index contributed by atoms with van der Waals surface area (Å²) in [5.74, 6) is -1.84. The van der Waals surface area contributed by atoms with Gasteiger partial charge >= 0.3 is 6.18 Å². The van der Waals surface area contributed by atoms with Gasteiger partial charge in [0, 0.05) is 6.07 Å². The van der Waals surface area contributed by atoms with Crippen molar-refractivity contribution in [3.63, 3.8) is 0 Å². The third-order valence-electron chi connectivity index (χ3n) is 2.17. The summed E-state index contributed by atoms with van der Waals surface area (Å²) in [6.07, 6.45) is -1.85. The Morgan fingerprint density at radius 1 is 1.06 bits per heavy atom. The van der Waals surface area contributed by atoms with Gasteiger partial charge in [-0.3, -0.25) is 0 Å². The number of nitrogens with one attached hydrogen (secondary N) is 1. The number of phenols is 1. The minimum Gasteiger partial charge on any atom is -0.508 e.